The van der Waals surface area contributed by atoms with Gasteiger partial charge in [-0.3, -0.25) is 9.69 Å². The third kappa shape index (κ3) is 3.84. The van der Waals surface area contributed by atoms with Gasteiger partial charge in [-0.25, -0.2) is 13.2 Å². The van der Waals surface area contributed by atoms with E-state index in [9.17, 15) is 18.0 Å². The summed E-state index contributed by atoms with van der Waals surface area (Å²) in [6, 6.07) is 14.8. The van der Waals surface area contributed by atoms with Gasteiger partial charge in [0.25, 0.3) is 5.91 Å². The summed E-state index contributed by atoms with van der Waals surface area (Å²) in [5, 5.41) is 0. The maximum Gasteiger partial charge on any atom is 0.327 e. The van der Waals surface area contributed by atoms with Crippen LogP contribution >= 0.6 is 0 Å². The Balaban J connectivity index is 1.85. The van der Waals surface area contributed by atoms with Crippen molar-refractivity contribution in [1.82, 2.24) is 9.80 Å². The predicted molar refractivity (Wildman–Crippen MR) is 107 cm³/mol. The van der Waals surface area contributed by atoms with Crippen LogP contribution < -0.4 is 0 Å². The van der Waals surface area contributed by atoms with E-state index >= 15 is 0 Å². The number of carbonyl (C=O) groups is 2. The number of imide groups is 1. The van der Waals surface area contributed by atoms with Gasteiger partial charge in [0, 0.05) is 19.4 Å². The van der Waals surface area contributed by atoms with Gasteiger partial charge in [-0.1, -0.05) is 42.5 Å². The van der Waals surface area contributed by atoms with E-state index in [0.717, 1.165) is 11.8 Å². The molecule has 28 heavy (non-hydrogen) atoms. The molecule has 2 aromatic carbocycles. The summed E-state index contributed by atoms with van der Waals surface area (Å²) < 4.78 is 23.1. The van der Waals surface area contributed by atoms with Crippen molar-refractivity contribution in [2.45, 2.75) is 23.9 Å². The molecule has 0 N–H and O–H groups in total. The first-order valence-electron chi connectivity index (χ1n) is 8.83. The van der Waals surface area contributed by atoms with E-state index < -0.39 is 15.7 Å². The maximum absolute atomic E-state index is 12.8. The summed E-state index contributed by atoms with van der Waals surface area (Å²) in [7, 11) is -1.59. The largest absolute Gasteiger partial charge is 0.327 e. The zero-order valence-corrected chi connectivity index (χ0v) is 16.8. The molecule has 0 unspecified atom stereocenters. The van der Waals surface area contributed by atoms with Gasteiger partial charge < -0.3 is 4.90 Å². The van der Waals surface area contributed by atoms with E-state index in [0.29, 0.717) is 5.56 Å². The van der Waals surface area contributed by atoms with E-state index in [1.165, 1.54) is 23.1 Å². The van der Waals surface area contributed by atoms with Gasteiger partial charge in [0.1, 0.15) is 0 Å². The molecule has 0 bridgehead atoms. The Labute approximate surface area is 165 Å². The molecule has 3 rings (SSSR count). The highest BCUT2D eigenvalue weighted by molar-refractivity contribution is 7.90. The number of urea groups is 1. The lowest BCUT2D eigenvalue weighted by atomic mass is 10.0. The summed E-state index contributed by atoms with van der Waals surface area (Å²) >= 11 is 0. The second-order valence-electron chi connectivity index (χ2n) is 6.87. The fraction of sp³-hybridized carbons (Fsp3) is 0.238. The molecule has 2 atom stereocenters. The van der Waals surface area contributed by atoms with Gasteiger partial charge >= 0.3 is 6.03 Å². The molecule has 146 valence electrons. The average molecular weight is 398 g/mol. The standard InChI is InChI=1S/C21H22N2O4S/c1-15-20(17-7-5-4-6-8-17)23(21(25)22(15)2)19(24)14-11-16-9-12-18(13-10-16)28(3,26)27/h4-15,20H,1-3H3/t15-,20-/m0/s1. The van der Waals surface area contributed by atoms with Crippen molar-refractivity contribution >= 4 is 27.9 Å². The van der Waals surface area contributed by atoms with E-state index in [-0.39, 0.29) is 23.0 Å². The monoisotopic (exact) mass is 398 g/mol. The van der Waals surface area contributed by atoms with Crippen LogP contribution in [0, 0.1) is 0 Å². The quantitative estimate of drug-likeness (QED) is 0.742. The van der Waals surface area contributed by atoms with Crippen LogP contribution in [0.2, 0.25) is 0 Å². The lowest BCUT2D eigenvalue weighted by Gasteiger charge is -2.23. The van der Waals surface area contributed by atoms with E-state index in [1.54, 1.807) is 30.2 Å². The van der Waals surface area contributed by atoms with Crippen molar-refractivity contribution in [2.75, 3.05) is 13.3 Å². The summed E-state index contributed by atoms with van der Waals surface area (Å²) in [5.41, 5.74) is 1.57. The maximum atomic E-state index is 12.8. The van der Waals surface area contributed by atoms with Crippen LogP contribution in [0.4, 0.5) is 4.79 Å². The number of rotatable bonds is 4. The highest BCUT2D eigenvalue weighted by atomic mass is 32.2. The third-order valence-electron chi connectivity index (χ3n) is 4.96. The van der Waals surface area contributed by atoms with Gasteiger partial charge in [-0.2, -0.15) is 0 Å². The Hall–Kier alpha value is -2.93. The number of sulfone groups is 1. The highest BCUT2D eigenvalue weighted by Gasteiger charge is 2.44. The SMILES string of the molecule is C[C@H]1[C@@H](c2ccccc2)N(C(=O)C=Cc2ccc(S(C)(=O)=O)cc2)C(=O)N1C. The molecule has 0 spiro atoms. The first-order chi connectivity index (χ1) is 13.2. The van der Waals surface area contributed by atoms with Crippen LogP contribution in [-0.2, 0) is 14.6 Å². The number of hydrogen-bond acceptors (Lipinski definition) is 4. The van der Waals surface area contributed by atoms with E-state index in [2.05, 4.69) is 0 Å². The lowest BCUT2D eigenvalue weighted by molar-refractivity contribution is -0.124. The summed E-state index contributed by atoms with van der Waals surface area (Å²) in [6.07, 6.45) is 4.06. The second kappa shape index (κ2) is 7.59. The van der Waals surface area contributed by atoms with Gasteiger partial charge in [0.05, 0.1) is 17.0 Å². The molecule has 1 heterocycles. The molecule has 3 amide bonds. The van der Waals surface area contributed by atoms with Gasteiger partial charge in [-0.05, 0) is 36.3 Å². The second-order valence-corrected chi connectivity index (χ2v) is 8.89. The molecule has 0 radical (unpaired) electrons. The molecule has 1 aliphatic heterocycles. The van der Waals surface area contributed by atoms with E-state index in [4.69, 9.17) is 0 Å². The van der Waals surface area contributed by atoms with E-state index in [1.807, 2.05) is 37.3 Å². The van der Waals surface area contributed by atoms with Gasteiger partial charge in [-0.15, -0.1) is 0 Å². The fourth-order valence-electron chi connectivity index (χ4n) is 3.27. The van der Waals surface area contributed by atoms with Gasteiger partial charge in [0.2, 0.25) is 0 Å². The van der Waals surface area contributed by atoms with Crippen LogP contribution in [-0.4, -0.2) is 49.5 Å². The minimum absolute atomic E-state index is 0.152. The Morgan fingerprint density at radius 3 is 2.21 bits per heavy atom. The Kier molecular flexibility index (Phi) is 5.38. The number of benzene rings is 2. The van der Waals surface area contributed by atoms with Crippen molar-refractivity contribution in [1.29, 1.82) is 0 Å². The molecule has 0 aromatic heterocycles. The predicted octanol–water partition coefficient (Wildman–Crippen LogP) is 3.13. The minimum atomic E-state index is -3.27. The first kappa shape index (κ1) is 19.8. The van der Waals surface area contributed by atoms with Gasteiger partial charge in [0.15, 0.2) is 9.84 Å². The molecule has 7 heteroatoms. The Morgan fingerprint density at radius 1 is 1.04 bits per heavy atom. The normalized spacial score (nSPS) is 20.2. The zero-order valence-electron chi connectivity index (χ0n) is 15.9. The molecule has 1 saturated heterocycles. The highest BCUT2D eigenvalue weighted by Crippen LogP contribution is 2.34. The lowest BCUT2D eigenvalue weighted by Crippen LogP contribution is -2.35. The van der Waals surface area contributed by atoms with Crippen LogP contribution in [0.5, 0.6) is 0 Å². The zero-order chi connectivity index (χ0) is 20.5. The van der Waals surface area contributed by atoms with Crippen LogP contribution in [0.3, 0.4) is 0 Å². The Bertz CT molecular complexity index is 1010. The number of nitrogens with zero attached hydrogens (tertiary/aromatic N) is 2. The fourth-order valence-corrected chi connectivity index (χ4v) is 3.90. The molecule has 0 aliphatic carbocycles. The van der Waals surface area contributed by atoms with Crippen molar-refractivity contribution in [3.63, 3.8) is 0 Å². The molecule has 2 aromatic rings. The average Bonchev–Trinajstić information content (AvgIpc) is 2.90. The number of amides is 3. The van der Waals surface area contributed by atoms with Crippen molar-refractivity contribution < 1.29 is 18.0 Å². The molecule has 1 fully saturated rings. The molecule has 1 aliphatic rings. The van der Waals surface area contributed by atoms with Crippen LogP contribution in [0.1, 0.15) is 24.1 Å². The topological polar surface area (TPSA) is 74.8 Å². The summed E-state index contributed by atoms with van der Waals surface area (Å²) in [5.74, 6) is -0.415. The number of hydrogen-bond donors (Lipinski definition) is 0. The molecule has 0 saturated carbocycles. The molecule has 6 nitrogen and oxygen atoms in total. The molecular formula is C21H22N2O4S. The first-order valence-corrected chi connectivity index (χ1v) is 10.7. The number of likely N-dealkylation sites (N-methyl/N-ethyl adjacent to an activating group) is 1. The van der Waals surface area contributed by atoms with Crippen molar-refractivity contribution in [3.8, 4) is 0 Å². The molecular weight excluding hydrogens is 376 g/mol. The summed E-state index contributed by atoms with van der Waals surface area (Å²) in [6.45, 7) is 1.91. The number of carbonyl (C=O) groups excluding carboxylic acids is 2. The third-order valence-corrected chi connectivity index (χ3v) is 6.09. The summed E-state index contributed by atoms with van der Waals surface area (Å²) in [4.78, 5) is 28.5. The van der Waals surface area contributed by atoms with Crippen molar-refractivity contribution in [2.24, 2.45) is 0 Å². The smallest absolute Gasteiger partial charge is 0.322 e. The van der Waals surface area contributed by atoms with Crippen LogP contribution in [0.25, 0.3) is 6.08 Å². The van der Waals surface area contributed by atoms with Crippen LogP contribution in [0.15, 0.2) is 65.6 Å². The minimum Gasteiger partial charge on any atom is -0.322 e. The van der Waals surface area contributed by atoms with Crippen molar-refractivity contribution in [3.05, 3.63) is 71.8 Å². The Morgan fingerprint density at radius 2 is 1.64 bits per heavy atom.